The Bertz CT molecular complexity index is 1050. The molecule has 0 fully saturated rings. The van der Waals surface area contributed by atoms with Crippen molar-refractivity contribution in [3.63, 3.8) is 0 Å². The molecule has 2 atom stereocenters. The first-order valence-electron chi connectivity index (χ1n) is 9.12. The summed E-state index contributed by atoms with van der Waals surface area (Å²) in [7, 11) is 1.84. The van der Waals surface area contributed by atoms with Crippen molar-refractivity contribution in [2.75, 3.05) is 11.9 Å². The van der Waals surface area contributed by atoms with Crippen molar-refractivity contribution in [3.05, 3.63) is 41.5 Å². The highest BCUT2D eigenvalue weighted by molar-refractivity contribution is 8.00. The fourth-order valence-corrected chi connectivity index (χ4v) is 3.61. The van der Waals surface area contributed by atoms with Crippen LogP contribution < -0.4 is 14.8 Å². The van der Waals surface area contributed by atoms with Gasteiger partial charge in [0.05, 0.1) is 22.3 Å². The van der Waals surface area contributed by atoms with Gasteiger partial charge in [0.2, 0.25) is 12.0 Å². The van der Waals surface area contributed by atoms with Crippen molar-refractivity contribution in [3.8, 4) is 11.5 Å². The van der Waals surface area contributed by atoms with Gasteiger partial charge in [-0.05, 0) is 32.9 Å². The second-order valence-electron chi connectivity index (χ2n) is 6.69. The van der Waals surface area contributed by atoms with Crippen LogP contribution in [0.2, 0.25) is 0 Å². The highest BCUT2D eigenvalue weighted by Crippen LogP contribution is 2.36. The van der Waals surface area contributed by atoms with E-state index in [9.17, 15) is 4.79 Å². The van der Waals surface area contributed by atoms with Gasteiger partial charge in [-0.2, -0.15) is 5.10 Å². The molecule has 1 aliphatic heterocycles. The number of para-hydroxylation sites is 2. The molecular formula is C19H21N5O4S. The van der Waals surface area contributed by atoms with E-state index in [0.29, 0.717) is 22.6 Å². The zero-order chi connectivity index (χ0) is 20.5. The predicted molar refractivity (Wildman–Crippen MR) is 106 cm³/mol. The topological polar surface area (TPSA) is 104 Å². The van der Waals surface area contributed by atoms with Gasteiger partial charge in [-0.25, -0.2) is 0 Å². The molecule has 3 aromatic rings. The van der Waals surface area contributed by atoms with Gasteiger partial charge in [0.25, 0.3) is 11.1 Å². The number of hydrogen-bond donors (Lipinski definition) is 1. The Morgan fingerprint density at radius 1 is 1.28 bits per heavy atom. The summed E-state index contributed by atoms with van der Waals surface area (Å²) in [6, 6.07) is 7.41. The molecule has 4 rings (SSSR count). The second kappa shape index (κ2) is 7.78. The largest absolute Gasteiger partial charge is 0.485 e. The van der Waals surface area contributed by atoms with Crippen LogP contribution in [0.25, 0.3) is 0 Å². The average molecular weight is 415 g/mol. The zero-order valence-electron chi connectivity index (χ0n) is 16.5. The van der Waals surface area contributed by atoms with Crippen molar-refractivity contribution in [2.45, 2.75) is 37.3 Å². The molecule has 1 aliphatic rings. The fraction of sp³-hybridized carbons (Fsp3) is 0.368. The summed E-state index contributed by atoms with van der Waals surface area (Å²) in [5, 5.41) is 15.2. The van der Waals surface area contributed by atoms with Gasteiger partial charge in [0.1, 0.15) is 6.61 Å². The average Bonchev–Trinajstić information content (AvgIpc) is 3.27. The lowest BCUT2D eigenvalue weighted by molar-refractivity contribution is -0.115. The highest BCUT2D eigenvalue weighted by Gasteiger charge is 2.28. The molecule has 1 aromatic carbocycles. The monoisotopic (exact) mass is 415 g/mol. The SMILES string of the molecule is Cc1nn(C)c(C)c1NC(=O)[C@H](C)Sc1nnc([C@H]2COc3ccccc3O2)o1. The van der Waals surface area contributed by atoms with Gasteiger partial charge in [-0.15, -0.1) is 10.2 Å². The van der Waals surface area contributed by atoms with Gasteiger partial charge < -0.3 is 19.2 Å². The Morgan fingerprint density at radius 3 is 2.76 bits per heavy atom. The number of ether oxygens (including phenoxy) is 2. The van der Waals surface area contributed by atoms with Crippen LogP contribution in [0.4, 0.5) is 5.69 Å². The predicted octanol–water partition coefficient (Wildman–Crippen LogP) is 3.05. The van der Waals surface area contributed by atoms with Crippen LogP contribution in [0, 0.1) is 13.8 Å². The summed E-state index contributed by atoms with van der Waals surface area (Å²) >= 11 is 1.18. The maximum absolute atomic E-state index is 12.6. The molecule has 0 unspecified atom stereocenters. The zero-order valence-corrected chi connectivity index (χ0v) is 17.3. The number of anilines is 1. The quantitative estimate of drug-likeness (QED) is 0.634. The van der Waals surface area contributed by atoms with Crippen molar-refractivity contribution < 1.29 is 18.7 Å². The molecule has 10 heteroatoms. The van der Waals surface area contributed by atoms with Gasteiger partial charge in [0.15, 0.2) is 11.5 Å². The van der Waals surface area contributed by atoms with Crippen LogP contribution in [0.3, 0.4) is 0 Å². The van der Waals surface area contributed by atoms with E-state index < -0.39 is 11.4 Å². The molecular weight excluding hydrogens is 394 g/mol. The molecule has 3 heterocycles. The summed E-state index contributed by atoms with van der Waals surface area (Å²) < 4.78 is 19.0. The third-order valence-corrected chi connectivity index (χ3v) is 5.54. The summed E-state index contributed by atoms with van der Waals surface area (Å²) in [4.78, 5) is 12.6. The minimum atomic E-state index is -0.489. The molecule has 0 spiro atoms. The number of hydrogen-bond acceptors (Lipinski definition) is 8. The van der Waals surface area contributed by atoms with Gasteiger partial charge in [-0.3, -0.25) is 9.48 Å². The van der Waals surface area contributed by atoms with Crippen molar-refractivity contribution in [2.24, 2.45) is 7.05 Å². The van der Waals surface area contributed by atoms with Crippen molar-refractivity contribution in [1.29, 1.82) is 0 Å². The van der Waals surface area contributed by atoms with Gasteiger partial charge in [0, 0.05) is 7.05 Å². The number of carbonyl (C=O) groups excluding carboxylic acids is 1. The van der Waals surface area contributed by atoms with Crippen LogP contribution in [0.15, 0.2) is 33.9 Å². The third-order valence-electron chi connectivity index (χ3n) is 4.61. The number of nitrogens with zero attached hydrogens (tertiary/aromatic N) is 4. The van der Waals surface area contributed by atoms with E-state index in [1.165, 1.54) is 11.8 Å². The number of carbonyl (C=O) groups is 1. The van der Waals surface area contributed by atoms with E-state index >= 15 is 0 Å². The molecule has 0 saturated heterocycles. The molecule has 152 valence electrons. The molecule has 1 N–H and O–H groups in total. The molecule has 0 aliphatic carbocycles. The summed E-state index contributed by atoms with van der Waals surface area (Å²) in [6.07, 6.45) is -0.489. The third kappa shape index (κ3) is 3.93. The highest BCUT2D eigenvalue weighted by atomic mass is 32.2. The number of amides is 1. The summed E-state index contributed by atoms with van der Waals surface area (Å²) in [6.45, 7) is 5.82. The Kier molecular flexibility index (Phi) is 5.18. The van der Waals surface area contributed by atoms with E-state index in [1.54, 1.807) is 11.6 Å². The standard InChI is InChI=1S/C19H21N5O4S/c1-10-16(11(2)24(4)23-10)20-17(25)12(3)29-19-22-21-18(28-19)15-9-26-13-7-5-6-8-14(13)27-15/h5-8,12,15H,9H2,1-4H3,(H,20,25)/t12-,15+/m0/s1. The summed E-state index contributed by atoms with van der Waals surface area (Å²) in [5.74, 6) is 1.46. The molecule has 0 radical (unpaired) electrons. The summed E-state index contributed by atoms with van der Waals surface area (Å²) in [5.41, 5.74) is 2.38. The normalized spacial score (nSPS) is 16.5. The maximum Gasteiger partial charge on any atom is 0.277 e. The van der Waals surface area contributed by atoms with Crippen molar-refractivity contribution >= 4 is 23.4 Å². The smallest absolute Gasteiger partial charge is 0.277 e. The molecule has 2 aromatic heterocycles. The molecule has 1 amide bonds. The number of nitrogens with one attached hydrogen (secondary N) is 1. The molecule has 0 saturated carbocycles. The number of benzene rings is 1. The number of thioether (sulfide) groups is 1. The van der Waals surface area contributed by atoms with E-state index in [0.717, 1.165) is 17.1 Å². The van der Waals surface area contributed by atoms with Gasteiger partial charge in [-0.1, -0.05) is 23.9 Å². The Hall–Kier alpha value is -3.01. The van der Waals surface area contributed by atoms with Crippen LogP contribution in [-0.2, 0) is 11.8 Å². The lowest BCUT2D eigenvalue weighted by Gasteiger charge is -2.23. The Morgan fingerprint density at radius 2 is 2.03 bits per heavy atom. The lowest BCUT2D eigenvalue weighted by atomic mass is 10.2. The number of aryl methyl sites for hydroxylation is 2. The molecule has 0 bridgehead atoms. The second-order valence-corrected chi connectivity index (χ2v) is 7.98. The van der Waals surface area contributed by atoms with E-state index in [2.05, 4.69) is 20.6 Å². The van der Waals surface area contributed by atoms with E-state index in [-0.39, 0.29) is 12.5 Å². The lowest BCUT2D eigenvalue weighted by Crippen LogP contribution is -2.23. The molecule has 29 heavy (non-hydrogen) atoms. The van der Waals surface area contributed by atoms with Crippen LogP contribution >= 0.6 is 11.8 Å². The van der Waals surface area contributed by atoms with Crippen LogP contribution in [0.1, 0.15) is 30.3 Å². The molecule has 9 nitrogen and oxygen atoms in total. The van der Waals surface area contributed by atoms with Gasteiger partial charge >= 0.3 is 0 Å². The van der Waals surface area contributed by atoms with Crippen LogP contribution in [0.5, 0.6) is 11.5 Å². The van der Waals surface area contributed by atoms with E-state index in [4.69, 9.17) is 13.9 Å². The first-order chi connectivity index (χ1) is 13.9. The number of rotatable bonds is 5. The Labute approximate surface area is 171 Å². The Balaban J connectivity index is 1.39. The minimum absolute atomic E-state index is 0.167. The first kappa shape index (κ1) is 19.3. The first-order valence-corrected chi connectivity index (χ1v) is 10.00. The maximum atomic E-state index is 12.6. The van der Waals surface area contributed by atoms with Crippen LogP contribution in [-0.4, -0.2) is 37.7 Å². The minimum Gasteiger partial charge on any atom is -0.485 e. The number of aromatic nitrogens is 4. The van der Waals surface area contributed by atoms with Crippen molar-refractivity contribution in [1.82, 2.24) is 20.0 Å². The number of fused-ring (bicyclic) bond motifs is 1. The van der Waals surface area contributed by atoms with E-state index in [1.807, 2.05) is 45.2 Å². The fourth-order valence-electron chi connectivity index (χ4n) is 2.92.